The molecule has 158 valence electrons. The topological polar surface area (TPSA) is 69.7 Å². The summed E-state index contributed by atoms with van der Waals surface area (Å²) >= 11 is 4.67. The lowest BCUT2D eigenvalue weighted by atomic mass is 9.83. The first-order valence-corrected chi connectivity index (χ1v) is 12.6. The van der Waals surface area contributed by atoms with Gasteiger partial charge < -0.3 is 4.74 Å². The van der Waals surface area contributed by atoms with Gasteiger partial charge >= 0.3 is 12.1 Å². The lowest BCUT2D eigenvalue weighted by Crippen LogP contribution is -2.40. The smallest absolute Gasteiger partial charge is 0.405 e. The predicted octanol–water partition coefficient (Wildman–Crippen LogP) is 4.26. The highest BCUT2D eigenvalue weighted by atomic mass is 127. The Hall–Kier alpha value is 0.630. The molecule has 27 heavy (non-hydrogen) atoms. The van der Waals surface area contributed by atoms with Gasteiger partial charge in [0.05, 0.1) is 12.5 Å². The Labute approximate surface area is 184 Å². The van der Waals surface area contributed by atoms with Gasteiger partial charge in [0.2, 0.25) is 0 Å². The number of hydrogen-bond donors (Lipinski definition) is 0. The molecule has 0 spiro atoms. The van der Waals surface area contributed by atoms with E-state index in [2.05, 4.69) is 45.2 Å². The van der Waals surface area contributed by atoms with Crippen molar-refractivity contribution in [3.63, 3.8) is 0 Å². The molecule has 0 radical (unpaired) electrons. The van der Waals surface area contributed by atoms with Gasteiger partial charge in [0.15, 0.2) is 5.75 Å². The Morgan fingerprint density at radius 2 is 1.74 bits per heavy atom. The molecule has 0 aromatic heterocycles. The first-order valence-electron chi connectivity index (χ1n) is 8.56. The summed E-state index contributed by atoms with van der Waals surface area (Å²) < 4.78 is 72.5. The van der Waals surface area contributed by atoms with Crippen LogP contribution < -0.4 is 0 Å². The quantitative estimate of drug-likeness (QED) is 0.189. The molecule has 6 atom stereocenters. The second-order valence-electron chi connectivity index (χ2n) is 8.19. The molecule has 5 nitrogen and oxygen atoms in total. The van der Waals surface area contributed by atoms with Crippen molar-refractivity contribution in [1.82, 2.24) is 0 Å². The van der Waals surface area contributed by atoms with Crippen molar-refractivity contribution in [3.8, 4) is 0 Å². The fraction of sp³-hybridized carbons (Fsp3) is 0.938. The Bertz CT molecular complexity index is 660. The first kappa shape index (κ1) is 23.9. The number of rotatable bonds is 6. The summed E-state index contributed by atoms with van der Waals surface area (Å²) in [7, 11) is -4.85. The van der Waals surface area contributed by atoms with E-state index in [1.165, 1.54) is 0 Å². The van der Waals surface area contributed by atoms with E-state index in [1.807, 2.05) is 0 Å². The van der Waals surface area contributed by atoms with Gasteiger partial charge in [-0.2, -0.15) is 21.6 Å². The van der Waals surface area contributed by atoms with Gasteiger partial charge in [-0.15, -0.1) is 0 Å². The summed E-state index contributed by atoms with van der Waals surface area (Å²) in [6.45, 7) is 5.00. The van der Waals surface area contributed by atoms with Crippen molar-refractivity contribution >= 4 is 61.3 Å². The number of esters is 1. The summed E-state index contributed by atoms with van der Waals surface area (Å²) in [5.74, 6) is -2.54. The third-order valence-corrected chi connectivity index (χ3v) is 10.8. The lowest BCUT2D eigenvalue weighted by molar-refractivity contribution is -0.157. The van der Waals surface area contributed by atoms with Crippen LogP contribution in [0.2, 0.25) is 0 Å². The number of ether oxygens (including phenoxy) is 1. The first-order chi connectivity index (χ1) is 12.1. The number of carbonyl (C=O) groups excluding carboxylic acids is 1. The largest absolute Gasteiger partial charge is 0.460 e. The van der Waals surface area contributed by atoms with Crippen molar-refractivity contribution in [2.24, 2.45) is 17.8 Å². The summed E-state index contributed by atoms with van der Waals surface area (Å²) in [5.41, 5.74) is -0.778. The van der Waals surface area contributed by atoms with E-state index in [0.29, 0.717) is 16.3 Å². The van der Waals surface area contributed by atoms with E-state index in [-0.39, 0.29) is 22.2 Å². The predicted molar refractivity (Wildman–Crippen MR) is 110 cm³/mol. The van der Waals surface area contributed by atoms with Gasteiger partial charge in [-0.25, -0.2) is 0 Å². The maximum atomic E-state index is 12.6. The van der Waals surface area contributed by atoms with E-state index in [9.17, 15) is 26.4 Å². The van der Waals surface area contributed by atoms with Gasteiger partial charge in [0.1, 0.15) is 5.60 Å². The van der Waals surface area contributed by atoms with Crippen molar-refractivity contribution in [2.75, 3.05) is 5.75 Å². The Kier molecular flexibility index (Phi) is 7.44. The minimum Gasteiger partial charge on any atom is -0.460 e. The molecule has 2 aliphatic rings. The molecule has 2 rings (SSSR count). The second kappa shape index (κ2) is 8.40. The van der Waals surface area contributed by atoms with Crippen molar-refractivity contribution in [3.05, 3.63) is 0 Å². The second-order valence-corrected chi connectivity index (χ2v) is 12.7. The van der Waals surface area contributed by atoms with Crippen LogP contribution in [0.3, 0.4) is 0 Å². The third-order valence-electron chi connectivity index (χ3n) is 4.74. The minimum absolute atomic E-state index is 0.117. The minimum atomic E-state index is -4.90. The molecule has 0 amide bonds. The molecule has 2 fully saturated rings. The highest BCUT2D eigenvalue weighted by molar-refractivity contribution is 14.1. The number of halogens is 5. The van der Waals surface area contributed by atoms with Crippen molar-refractivity contribution in [2.45, 2.75) is 65.8 Å². The third kappa shape index (κ3) is 6.83. The Morgan fingerprint density at radius 1 is 1.15 bits per heavy atom. The molecule has 2 bridgehead atoms. The van der Waals surface area contributed by atoms with E-state index >= 15 is 0 Å². The van der Waals surface area contributed by atoms with E-state index in [4.69, 9.17) is 8.92 Å². The van der Waals surface area contributed by atoms with Gasteiger partial charge in [-0.05, 0) is 51.4 Å². The van der Waals surface area contributed by atoms with Gasteiger partial charge in [0.25, 0.3) is 10.1 Å². The molecule has 2 aliphatic carbocycles. The fourth-order valence-corrected chi connectivity index (χ4v) is 7.51. The van der Waals surface area contributed by atoms with Crippen LogP contribution in [0, 0.1) is 17.8 Å². The average Bonchev–Trinajstić information content (AvgIpc) is 2.94. The van der Waals surface area contributed by atoms with E-state index in [0.717, 1.165) is 6.42 Å². The van der Waals surface area contributed by atoms with Crippen LogP contribution in [-0.4, -0.2) is 45.9 Å². The molecule has 0 N–H and O–H groups in total. The standard InChI is InChI=1S/C16H23F3I2O5S/c1-15(2,3)25-12(22)6-11(26-27(23,24)7-16(17,18)19)9-4-8-5-10(9)14(21)13(8)20/h8-11,13-14H,4-7H2,1-3H3. The highest BCUT2D eigenvalue weighted by Crippen LogP contribution is 2.56. The van der Waals surface area contributed by atoms with E-state index in [1.54, 1.807) is 20.8 Å². The van der Waals surface area contributed by atoms with E-state index < -0.39 is 39.7 Å². The van der Waals surface area contributed by atoms with Crippen LogP contribution >= 0.6 is 45.2 Å². The van der Waals surface area contributed by atoms with Gasteiger partial charge in [-0.1, -0.05) is 45.2 Å². The zero-order valence-corrected chi connectivity index (χ0v) is 20.3. The molecule has 0 aromatic rings. The molecule has 0 aromatic carbocycles. The summed E-state index contributed by atoms with van der Waals surface area (Å²) in [5, 5.41) is 0. The molecule has 6 unspecified atom stereocenters. The molecular weight excluding hydrogens is 615 g/mol. The lowest BCUT2D eigenvalue weighted by Gasteiger charge is -2.34. The number of carbonyl (C=O) groups is 1. The fourth-order valence-electron chi connectivity index (χ4n) is 3.92. The number of hydrogen-bond acceptors (Lipinski definition) is 5. The molecule has 11 heteroatoms. The molecule has 2 saturated carbocycles. The maximum absolute atomic E-state index is 12.6. The Balaban J connectivity index is 2.18. The average molecular weight is 638 g/mol. The van der Waals surface area contributed by atoms with Crippen LogP contribution in [0.1, 0.15) is 40.0 Å². The maximum Gasteiger partial charge on any atom is 0.405 e. The Morgan fingerprint density at radius 3 is 2.19 bits per heavy atom. The summed E-state index contributed by atoms with van der Waals surface area (Å²) in [4.78, 5) is 12.2. The molecule has 0 saturated heterocycles. The van der Waals surface area contributed by atoms with Gasteiger partial charge in [-0.3, -0.25) is 8.98 Å². The monoisotopic (exact) mass is 638 g/mol. The molecular formula is C16H23F3I2O5S. The van der Waals surface area contributed by atoms with Crippen molar-refractivity contribution < 1.29 is 35.3 Å². The van der Waals surface area contributed by atoms with Crippen LogP contribution in [0.25, 0.3) is 0 Å². The number of alkyl halides is 5. The van der Waals surface area contributed by atoms with Crippen LogP contribution in [-0.2, 0) is 23.8 Å². The van der Waals surface area contributed by atoms with Crippen LogP contribution in [0.5, 0.6) is 0 Å². The molecule has 0 heterocycles. The SMILES string of the molecule is CC(C)(C)OC(=O)CC(OS(=O)(=O)CC(F)(F)F)C1CC2CC1C(I)C2I. The van der Waals surface area contributed by atoms with Crippen LogP contribution in [0.15, 0.2) is 0 Å². The zero-order chi connectivity index (χ0) is 20.8. The van der Waals surface area contributed by atoms with Crippen LogP contribution in [0.4, 0.5) is 13.2 Å². The summed E-state index contributed by atoms with van der Waals surface area (Å²) in [6.07, 6.45) is -4.89. The number of fused-ring (bicyclic) bond motifs is 2. The highest BCUT2D eigenvalue weighted by Gasteiger charge is 2.54. The normalized spacial score (nSPS) is 32.5. The van der Waals surface area contributed by atoms with Gasteiger partial charge in [0, 0.05) is 7.85 Å². The molecule has 0 aliphatic heterocycles. The van der Waals surface area contributed by atoms with Crippen molar-refractivity contribution in [1.29, 1.82) is 0 Å². The summed E-state index contributed by atoms with van der Waals surface area (Å²) in [6, 6.07) is 0. The zero-order valence-electron chi connectivity index (χ0n) is 15.1.